The van der Waals surface area contributed by atoms with E-state index in [9.17, 15) is 4.79 Å². The minimum absolute atomic E-state index is 0.306. The van der Waals surface area contributed by atoms with Crippen molar-refractivity contribution in [2.45, 2.75) is 19.4 Å². The molecular formula is C16H17NO3. The molecule has 20 heavy (non-hydrogen) atoms. The molecule has 0 aliphatic rings. The molecule has 1 unspecified atom stereocenters. The highest BCUT2D eigenvalue weighted by Gasteiger charge is 2.11. The number of benzene rings is 2. The minimum atomic E-state index is -0.995. The van der Waals surface area contributed by atoms with E-state index in [0.717, 1.165) is 11.3 Å². The summed E-state index contributed by atoms with van der Waals surface area (Å²) in [6.07, 6.45) is 0.306. The molecule has 1 atom stereocenters. The molecule has 2 rings (SSSR count). The Bertz CT molecular complexity index is 576. The van der Waals surface area contributed by atoms with Gasteiger partial charge in [0.25, 0.3) is 0 Å². The van der Waals surface area contributed by atoms with Crippen molar-refractivity contribution in [3.63, 3.8) is 0 Å². The van der Waals surface area contributed by atoms with Crippen LogP contribution >= 0.6 is 0 Å². The maximum Gasteiger partial charge on any atom is 0.320 e. The number of aliphatic carboxylic acids is 1. The third kappa shape index (κ3) is 3.83. The molecule has 0 aromatic heterocycles. The fourth-order valence-corrected chi connectivity index (χ4v) is 1.78. The van der Waals surface area contributed by atoms with Gasteiger partial charge in [0.1, 0.15) is 17.5 Å². The van der Waals surface area contributed by atoms with Gasteiger partial charge in [0.2, 0.25) is 0 Å². The van der Waals surface area contributed by atoms with Gasteiger partial charge in [-0.05, 0) is 43.2 Å². The van der Waals surface area contributed by atoms with Gasteiger partial charge in [-0.1, -0.05) is 29.8 Å². The Balaban J connectivity index is 2.01. The largest absolute Gasteiger partial charge is 0.480 e. The first-order chi connectivity index (χ1) is 9.54. The second kappa shape index (κ2) is 6.21. The van der Waals surface area contributed by atoms with Crippen LogP contribution in [0.5, 0.6) is 11.5 Å². The van der Waals surface area contributed by atoms with Gasteiger partial charge >= 0.3 is 5.97 Å². The third-order valence-corrected chi connectivity index (χ3v) is 2.95. The van der Waals surface area contributed by atoms with E-state index >= 15 is 0 Å². The maximum absolute atomic E-state index is 10.7. The number of carboxylic acids is 1. The van der Waals surface area contributed by atoms with Crippen LogP contribution in [0.3, 0.4) is 0 Å². The Morgan fingerprint density at radius 3 is 2.10 bits per heavy atom. The van der Waals surface area contributed by atoms with E-state index in [1.54, 1.807) is 0 Å². The molecule has 0 bridgehead atoms. The van der Waals surface area contributed by atoms with Crippen molar-refractivity contribution in [3.8, 4) is 11.5 Å². The second-order valence-corrected chi connectivity index (χ2v) is 4.71. The lowest BCUT2D eigenvalue weighted by molar-refractivity contribution is -0.138. The van der Waals surface area contributed by atoms with Crippen LogP contribution in [0.25, 0.3) is 0 Å². The first kappa shape index (κ1) is 14.1. The zero-order chi connectivity index (χ0) is 14.5. The van der Waals surface area contributed by atoms with Gasteiger partial charge in [0, 0.05) is 0 Å². The fourth-order valence-electron chi connectivity index (χ4n) is 1.78. The summed E-state index contributed by atoms with van der Waals surface area (Å²) in [5, 5.41) is 8.77. The first-order valence-corrected chi connectivity index (χ1v) is 6.36. The molecule has 0 spiro atoms. The Morgan fingerprint density at radius 2 is 1.60 bits per heavy atom. The highest BCUT2D eigenvalue weighted by molar-refractivity contribution is 5.73. The van der Waals surface area contributed by atoms with E-state index in [1.165, 1.54) is 5.56 Å². The molecule has 0 amide bonds. The zero-order valence-corrected chi connectivity index (χ0v) is 11.2. The number of carboxylic acid groups (broad SMARTS) is 1. The highest BCUT2D eigenvalue weighted by Crippen LogP contribution is 2.22. The van der Waals surface area contributed by atoms with Crippen molar-refractivity contribution in [2.75, 3.05) is 0 Å². The van der Waals surface area contributed by atoms with Gasteiger partial charge in [0.15, 0.2) is 0 Å². The van der Waals surface area contributed by atoms with E-state index in [2.05, 4.69) is 0 Å². The van der Waals surface area contributed by atoms with Crippen LogP contribution < -0.4 is 10.5 Å². The molecule has 0 aliphatic heterocycles. The standard InChI is InChI=1S/C16H17NO3/c1-11-2-6-13(7-3-11)20-14-8-4-12(5-9-14)10-15(17)16(18)19/h2-9,15H,10,17H2,1H3,(H,18,19). The van der Waals surface area contributed by atoms with Gasteiger partial charge < -0.3 is 15.6 Å². The first-order valence-electron chi connectivity index (χ1n) is 6.36. The van der Waals surface area contributed by atoms with Crippen LogP contribution in [0.2, 0.25) is 0 Å². The summed E-state index contributed by atoms with van der Waals surface area (Å²) in [6, 6.07) is 14.2. The molecule has 0 radical (unpaired) electrons. The molecule has 4 heteroatoms. The number of hydrogen-bond acceptors (Lipinski definition) is 3. The van der Waals surface area contributed by atoms with Gasteiger partial charge in [0.05, 0.1) is 0 Å². The van der Waals surface area contributed by atoms with Crippen LogP contribution in [-0.4, -0.2) is 17.1 Å². The van der Waals surface area contributed by atoms with Gasteiger partial charge in [-0.25, -0.2) is 0 Å². The van der Waals surface area contributed by atoms with E-state index in [0.29, 0.717) is 12.2 Å². The number of hydrogen-bond donors (Lipinski definition) is 2. The van der Waals surface area contributed by atoms with Crippen LogP contribution in [0.4, 0.5) is 0 Å². The quantitative estimate of drug-likeness (QED) is 0.877. The Hall–Kier alpha value is -2.33. The maximum atomic E-state index is 10.7. The van der Waals surface area contributed by atoms with Gasteiger partial charge in [-0.15, -0.1) is 0 Å². The van der Waals surface area contributed by atoms with E-state index in [-0.39, 0.29) is 0 Å². The summed E-state index contributed by atoms with van der Waals surface area (Å²) in [5.41, 5.74) is 7.54. The number of nitrogens with two attached hydrogens (primary N) is 1. The van der Waals surface area contributed by atoms with Crippen molar-refractivity contribution in [1.29, 1.82) is 0 Å². The molecule has 3 N–H and O–H groups in total. The minimum Gasteiger partial charge on any atom is -0.480 e. The van der Waals surface area contributed by atoms with Crippen LogP contribution in [0.1, 0.15) is 11.1 Å². The summed E-state index contributed by atoms with van der Waals surface area (Å²) >= 11 is 0. The van der Waals surface area contributed by atoms with Crippen molar-refractivity contribution in [1.82, 2.24) is 0 Å². The average Bonchev–Trinajstić information content (AvgIpc) is 2.43. The summed E-state index contributed by atoms with van der Waals surface area (Å²) in [4.78, 5) is 10.7. The lowest BCUT2D eigenvalue weighted by atomic mass is 10.1. The molecule has 2 aromatic rings. The Kier molecular flexibility index (Phi) is 4.38. The fraction of sp³-hybridized carbons (Fsp3) is 0.188. The van der Waals surface area contributed by atoms with E-state index < -0.39 is 12.0 Å². The predicted molar refractivity (Wildman–Crippen MR) is 77.0 cm³/mol. The van der Waals surface area contributed by atoms with Crippen molar-refractivity contribution >= 4 is 5.97 Å². The summed E-state index contributed by atoms with van der Waals surface area (Å²) in [7, 11) is 0. The van der Waals surface area contributed by atoms with Crippen LogP contribution in [0.15, 0.2) is 48.5 Å². The number of ether oxygens (including phenoxy) is 1. The lowest BCUT2D eigenvalue weighted by Gasteiger charge is -2.09. The van der Waals surface area contributed by atoms with Gasteiger partial charge in [-0.3, -0.25) is 4.79 Å². The molecule has 0 saturated heterocycles. The van der Waals surface area contributed by atoms with Crippen molar-refractivity contribution < 1.29 is 14.6 Å². The van der Waals surface area contributed by atoms with Gasteiger partial charge in [-0.2, -0.15) is 0 Å². The number of carbonyl (C=O) groups is 1. The zero-order valence-electron chi connectivity index (χ0n) is 11.2. The molecule has 0 fully saturated rings. The summed E-state index contributed by atoms with van der Waals surface area (Å²) < 4.78 is 5.69. The SMILES string of the molecule is Cc1ccc(Oc2ccc(CC(N)C(=O)O)cc2)cc1. The van der Waals surface area contributed by atoms with Crippen molar-refractivity contribution in [3.05, 3.63) is 59.7 Å². The van der Waals surface area contributed by atoms with E-state index in [1.807, 2.05) is 55.5 Å². The normalized spacial score (nSPS) is 11.9. The average molecular weight is 271 g/mol. The lowest BCUT2D eigenvalue weighted by Crippen LogP contribution is -2.32. The monoisotopic (exact) mass is 271 g/mol. The molecule has 0 saturated carbocycles. The van der Waals surface area contributed by atoms with Crippen LogP contribution in [0, 0.1) is 6.92 Å². The predicted octanol–water partition coefficient (Wildman–Crippen LogP) is 2.74. The molecular weight excluding hydrogens is 254 g/mol. The molecule has 0 heterocycles. The number of aryl methyl sites for hydroxylation is 1. The summed E-state index contributed by atoms with van der Waals surface area (Å²) in [6.45, 7) is 2.02. The Morgan fingerprint density at radius 1 is 1.10 bits per heavy atom. The molecule has 4 nitrogen and oxygen atoms in total. The molecule has 2 aromatic carbocycles. The number of rotatable bonds is 5. The van der Waals surface area contributed by atoms with Crippen LogP contribution in [-0.2, 0) is 11.2 Å². The smallest absolute Gasteiger partial charge is 0.320 e. The summed E-state index contributed by atoms with van der Waals surface area (Å²) in [5.74, 6) is 0.483. The van der Waals surface area contributed by atoms with E-state index in [4.69, 9.17) is 15.6 Å². The topological polar surface area (TPSA) is 72.5 Å². The van der Waals surface area contributed by atoms with Crippen molar-refractivity contribution in [2.24, 2.45) is 5.73 Å². The Labute approximate surface area is 117 Å². The third-order valence-electron chi connectivity index (χ3n) is 2.95. The molecule has 0 aliphatic carbocycles. The molecule has 104 valence electrons. The highest BCUT2D eigenvalue weighted by atomic mass is 16.5. The second-order valence-electron chi connectivity index (χ2n) is 4.71.